The lowest BCUT2D eigenvalue weighted by molar-refractivity contribution is 0.0870. The number of nitrogens with one attached hydrogen (secondary N) is 1. The van der Waals surface area contributed by atoms with E-state index in [-0.39, 0.29) is 12.0 Å². The monoisotopic (exact) mass is 286 g/mol. The number of carbonyl (C=O) groups excluding carboxylic acids is 1. The zero-order chi connectivity index (χ0) is 12.1. The highest BCUT2D eigenvalue weighted by Gasteiger charge is 2.11. The molecule has 0 radical (unpaired) electrons. The molecule has 1 unspecified atom stereocenters. The minimum absolute atomic E-state index is 0.0104. The maximum absolute atomic E-state index is 11.8. The predicted octanol–water partition coefficient (Wildman–Crippen LogP) is 1.80. The van der Waals surface area contributed by atoms with Gasteiger partial charge in [0.25, 0.3) is 5.91 Å². The number of methoxy groups -OCH3 is 1. The minimum Gasteiger partial charge on any atom is -0.399 e. The molecule has 1 aromatic rings. The van der Waals surface area contributed by atoms with Gasteiger partial charge < -0.3 is 15.8 Å². The van der Waals surface area contributed by atoms with E-state index in [0.29, 0.717) is 17.8 Å². The molecule has 16 heavy (non-hydrogen) atoms. The quantitative estimate of drug-likeness (QED) is 0.830. The fourth-order valence-electron chi connectivity index (χ4n) is 1.13. The number of hydrogen-bond donors (Lipinski definition) is 2. The number of nitrogens with two attached hydrogens (primary N) is 1. The van der Waals surface area contributed by atoms with Gasteiger partial charge in [0, 0.05) is 23.8 Å². The van der Waals surface area contributed by atoms with E-state index in [0.717, 1.165) is 4.47 Å². The van der Waals surface area contributed by atoms with Crippen LogP contribution in [0.4, 0.5) is 5.69 Å². The van der Waals surface area contributed by atoms with Crippen LogP contribution in [0.1, 0.15) is 17.3 Å². The Morgan fingerprint density at radius 2 is 2.31 bits per heavy atom. The fourth-order valence-corrected chi connectivity index (χ4v) is 1.56. The van der Waals surface area contributed by atoms with E-state index in [9.17, 15) is 4.79 Å². The van der Waals surface area contributed by atoms with Gasteiger partial charge in [-0.2, -0.15) is 0 Å². The molecule has 0 aliphatic carbocycles. The lowest BCUT2D eigenvalue weighted by Gasteiger charge is -2.11. The Kier molecular flexibility index (Phi) is 4.76. The molecule has 0 heterocycles. The lowest BCUT2D eigenvalue weighted by Crippen LogP contribution is -2.31. The first kappa shape index (κ1) is 13.0. The number of amides is 1. The maximum atomic E-state index is 11.8. The second kappa shape index (κ2) is 5.86. The van der Waals surface area contributed by atoms with Crippen LogP contribution in [0, 0.1) is 0 Å². The van der Waals surface area contributed by atoms with E-state index < -0.39 is 0 Å². The van der Waals surface area contributed by atoms with Crippen molar-refractivity contribution >= 4 is 27.5 Å². The molecule has 5 heteroatoms. The summed E-state index contributed by atoms with van der Waals surface area (Å²) in [5.41, 5.74) is 6.72. The first-order valence-electron chi connectivity index (χ1n) is 4.90. The van der Waals surface area contributed by atoms with E-state index in [1.165, 1.54) is 0 Å². The highest BCUT2D eigenvalue weighted by atomic mass is 79.9. The SMILES string of the molecule is COC(C)CNC(=O)c1cc(N)ccc1Br. The van der Waals surface area contributed by atoms with Gasteiger partial charge in [-0.1, -0.05) is 0 Å². The maximum Gasteiger partial charge on any atom is 0.252 e. The Morgan fingerprint density at radius 1 is 1.62 bits per heavy atom. The van der Waals surface area contributed by atoms with Crippen LogP contribution in [-0.4, -0.2) is 25.7 Å². The van der Waals surface area contributed by atoms with Gasteiger partial charge in [-0.3, -0.25) is 4.79 Å². The smallest absolute Gasteiger partial charge is 0.252 e. The van der Waals surface area contributed by atoms with Crippen molar-refractivity contribution < 1.29 is 9.53 Å². The molecule has 1 aromatic carbocycles. The number of ether oxygens (including phenoxy) is 1. The van der Waals surface area contributed by atoms with Gasteiger partial charge in [0.15, 0.2) is 0 Å². The molecule has 0 fully saturated rings. The summed E-state index contributed by atoms with van der Waals surface area (Å²) in [5.74, 6) is -0.164. The number of carbonyl (C=O) groups is 1. The van der Waals surface area contributed by atoms with Gasteiger partial charge >= 0.3 is 0 Å². The Balaban J connectivity index is 2.69. The number of halogens is 1. The number of rotatable bonds is 4. The summed E-state index contributed by atoms with van der Waals surface area (Å²) in [5, 5.41) is 2.77. The zero-order valence-corrected chi connectivity index (χ0v) is 10.9. The Bertz CT molecular complexity index is 382. The number of hydrogen-bond acceptors (Lipinski definition) is 3. The van der Waals surface area contributed by atoms with Crippen LogP contribution >= 0.6 is 15.9 Å². The molecule has 0 saturated carbocycles. The first-order chi connectivity index (χ1) is 7.54. The minimum atomic E-state index is -0.164. The number of anilines is 1. The van der Waals surface area contributed by atoms with E-state index >= 15 is 0 Å². The van der Waals surface area contributed by atoms with E-state index in [4.69, 9.17) is 10.5 Å². The van der Waals surface area contributed by atoms with Crippen molar-refractivity contribution in [3.63, 3.8) is 0 Å². The number of benzene rings is 1. The fraction of sp³-hybridized carbons (Fsp3) is 0.364. The van der Waals surface area contributed by atoms with Crippen molar-refractivity contribution in [3.8, 4) is 0 Å². The Labute approximate surface area is 103 Å². The summed E-state index contributed by atoms with van der Waals surface area (Å²) in [4.78, 5) is 11.8. The zero-order valence-electron chi connectivity index (χ0n) is 9.29. The van der Waals surface area contributed by atoms with Crippen LogP contribution < -0.4 is 11.1 Å². The third kappa shape index (κ3) is 3.50. The molecular weight excluding hydrogens is 272 g/mol. The van der Waals surface area contributed by atoms with Crippen molar-refractivity contribution in [3.05, 3.63) is 28.2 Å². The Hall–Kier alpha value is -1.07. The molecule has 0 aliphatic heterocycles. The molecular formula is C11H15BrN2O2. The van der Waals surface area contributed by atoms with E-state index in [2.05, 4.69) is 21.2 Å². The molecule has 3 N–H and O–H groups in total. The van der Waals surface area contributed by atoms with E-state index in [1.807, 2.05) is 6.92 Å². The van der Waals surface area contributed by atoms with Crippen molar-refractivity contribution in [2.75, 3.05) is 19.4 Å². The highest BCUT2D eigenvalue weighted by molar-refractivity contribution is 9.10. The van der Waals surface area contributed by atoms with Gasteiger partial charge in [-0.15, -0.1) is 0 Å². The van der Waals surface area contributed by atoms with Crippen LogP contribution in [0.15, 0.2) is 22.7 Å². The molecule has 88 valence electrons. The summed E-state index contributed by atoms with van der Waals surface area (Å²) in [7, 11) is 1.60. The van der Waals surface area contributed by atoms with Gasteiger partial charge in [0.05, 0.1) is 11.7 Å². The van der Waals surface area contributed by atoms with Gasteiger partial charge in [-0.25, -0.2) is 0 Å². The van der Waals surface area contributed by atoms with Gasteiger partial charge in [-0.05, 0) is 41.1 Å². The topological polar surface area (TPSA) is 64.3 Å². The third-order valence-corrected chi connectivity index (χ3v) is 2.88. The highest BCUT2D eigenvalue weighted by Crippen LogP contribution is 2.19. The van der Waals surface area contributed by atoms with Crippen LogP contribution in [-0.2, 0) is 4.74 Å². The average Bonchev–Trinajstić information content (AvgIpc) is 2.28. The summed E-state index contributed by atoms with van der Waals surface area (Å²) in [6, 6.07) is 5.12. The molecule has 0 aliphatic rings. The van der Waals surface area contributed by atoms with Crippen LogP contribution in [0.5, 0.6) is 0 Å². The van der Waals surface area contributed by atoms with Crippen molar-refractivity contribution in [1.29, 1.82) is 0 Å². The second-order valence-electron chi connectivity index (χ2n) is 3.50. The lowest BCUT2D eigenvalue weighted by atomic mass is 10.2. The normalized spacial score (nSPS) is 12.2. The largest absolute Gasteiger partial charge is 0.399 e. The third-order valence-electron chi connectivity index (χ3n) is 2.19. The summed E-state index contributed by atoms with van der Waals surface area (Å²) in [6.07, 6.45) is -0.0104. The standard InChI is InChI=1S/C11H15BrN2O2/c1-7(16-2)6-14-11(15)9-5-8(13)3-4-10(9)12/h3-5,7H,6,13H2,1-2H3,(H,14,15). The molecule has 1 rings (SSSR count). The summed E-state index contributed by atoms with van der Waals surface area (Å²) >= 11 is 3.31. The molecule has 0 saturated heterocycles. The van der Waals surface area contributed by atoms with Crippen LogP contribution in [0.3, 0.4) is 0 Å². The number of nitrogen functional groups attached to an aromatic ring is 1. The average molecular weight is 287 g/mol. The second-order valence-corrected chi connectivity index (χ2v) is 4.35. The first-order valence-corrected chi connectivity index (χ1v) is 5.70. The van der Waals surface area contributed by atoms with Crippen molar-refractivity contribution in [2.45, 2.75) is 13.0 Å². The van der Waals surface area contributed by atoms with Gasteiger partial charge in [0.1, 0.15) is 0 Å². The molecule has 0 bridgehead atoms. The summed E-state index contributed by atoms with van der Waals surface area (Å²) < 4.78 is 5.77. The van der Waals surface area contributed by atoms with Crippen molar-refractivity contribution in [2.24, 2.45) is 0 Å². The predicted molar refractivity (Wildman–Crippen MR) is 67.4 cm³/mol. The van der Waals surface area contributed by atoms with Crippen molar-refractivity contribution in [1.82, 2.24) is 5.32 Å². The summed E-state index contributed by atoms with van der Waals surface area (Å²) in [6.45, 7) is 2.35. The van der Waals surface area contributed by atoms with E-state index in [1.54, 1.807) is 25.3 Å². The molecule has 4 nitrogen and oxygen atoms in total. The molecule has 0 aromatic heterocycles. The Morgan fingerprint density at radius 3 is 2.94 bits per heavy atom. The van der Waals surface area contributed by atoms with Crippen LogP contribution in [0.2, 0.25) is 0 Å². The molecule has 1 amide bonds. The van der Waals surface area contributed by atoms with Crippen LogP contribution in [0.25, 0.3) is 0 Å². The van der Waals surface area contributed by atoms with Gasteiger partial charge in [0.2, 0.25) is 0 Å². The molecule has 0 spiro atoms. The molecule has 1 atom stereocenters.